The summed E-state index contributed by atoms with van der Waals surface area (Å²) in [6, 6.07) is 10.6. The Morgan fingerprint density at radius 1 is 1.30 bits per heavy atom. The van der Waals surface area contributed by atoms with Gasteiger partial charge in [0.05, 0.1) is 11.8 Å². The highest BCUT2D eigenvalue weighted by Gasteiger charge is 2.29. The standard InChI is InChI=1S/C22H30N4O/c1-15-13-19(14-22(3,4)26-15)24-21-23-12-11-20(25-21)18-9-7-17(8-10-18)6-5-16(2)27/h7-12,16,19,26-27H,1,5-6,13-14H2,2-4H3,(H,23,24,25). The summed E-state index contributed by atoms with van der Waals surface area (Å²) in [6.45, 7) is 10.3. The van der Waals surface area contributed by atoms with Crippen LogP contribution >= 0.6 is 0 Å². The number of aliphatic hydroxyl groups is 1. The Balaban J connectivity index is 1.69. The van der Waals surface area contributed by atoms with Crippen LogP contribution in [0.15, 0.2) is 48.8 Å². The van der Waals surface area contributed by atoms with E-state index in [4.69, 9.17) is 4.98 Å². The highest BCUT2D eigenvalue weighted by molar-refractivity contribution is 5.60. The fraction of sp³-hybridized carbons (Fsp3) is 0.455. The fourth-order valence-corrected chi connectivity index (χ4v) is 3.66. The van der Waals surface area contributed by atoms with Crippen LogP contribution in [-0.2, 0) is 6.42 Å². The van der Waals surface area contributed by atoms with Crippen molar-refractivity contribution in [3.63, 3.8) is 0 Å². The summed E-state index contributed by atoms with van der Waals surface area (Å²) in [5.41, 5.74) is 4.26. The third kappa shape index (κ3) is 5.54. The van der Waals surface area contributed by atoms with E-state index in [-0.39, 0.29) is 17.7 Å². The molecule has 5 heteroatoms. The average molecular weight is 367 g/mol. The van der Waals surface area contributed by atoms with Gasteiger partial charge in [-0.25, -0.2) is 9.97 Å². The van der Waals surface area contributed by atoms with E-state index in [2.05, 4.69) is 60.3 Å². The molecule has 27 heavy (non-hydrogen) atoms. The summed E-state index contributed by atoms with van der Waals surface area (Å²) >= 11 is 0. The largest absolute Gasteiger partial charge is 0.393 e. The van der Waals surface area contributed by atoms with Crippen molar-refractivity contribution in [2.45, 2.75) is 64.1 Å². The van der Waals surface area contributed by atoms with Crippen LogP contribution in [0.25, 0.3) is 11.3 Å². The van der Waals surface area contributed by atoms with Gasteiger partial charge in [-0.3, -0.25) is 0 Å². The molecule has 5 nitrogen and oxygen atoms in total. The van der Waals surface area contributed by atoms with E-state index in [9.17, 15) is 5.11 Å². The zero-order valence-corrected chi connectivity index (χ0v) is 16.5. The molecular formula is C22H30N4O. The lowest BCUT2D eigenvalue weighted by atomic mass is 9.88. The molecule has 1 fully saturated rings. The number of benzene rings is 1. The van der Waals surface area contributed by atoms with E-state index >= 15 is 0 Å². The number of aryl methyl sites for hydroxylation is 1. The number of piperidine rings is 1. The molecule has 0 radical (unpaired) electrons. The first-order valence-corrected chi connectivity index (χ1v) is 9.64. The smallest absolute Gasteiger partial charge is 0.223 e. The zero-order chi connectivity index (χ0) is 19.4. The summed E-state index contributed by atoms with van der Waals surface area (Å²) < 4.78 is 0. The van der Waals surface area contributed by atoms with Crippen molar-refractivity contribution in [2.24, 2.45) is 0 Å². The minimum atomic E-state index is -0.267. The Kier molecular flexibility index (Phi) is 5.80. The maximum atomic E-state index is 9.43. The van der Waals surface area contributed by atoms with Gasteiger partial charge in [0, 0.05) is 35.5 Å². The van der Waals surface area contributed by atoms with Crippen LogP contribution in [0.3, 0.4) is 0 Å². The maximum Gasteiger partial charge on any atom is 0.223 e. The molecule has 0 saturated carbocycles. The Bertz CT molecular complexity index is 783. The summed E-state index contributed by atoms with van der Waals surface area (Å²) in [6.07, 6.45) is 5.04. The predicted molar refractivity (Wildman–Crippen MR) is 110 cm³/mol. The van der Waals surface area contributed by atoms with Crippen LogP contribution in [0.4, 0.5) is 5.95 Å². The first-order valence-electron chi connectivity index (χ1n) is 9.64. The molecule has 2 unspecified atom stereocenters. The van der Waals surface area contributed by atoms with Crippen LogP contribution < -0.4 is 10.6 Å². The number of rotatable bonds is 6. The van der Waals surface area contributed by atoms with E-state index in [1.165, 1.54) is 5.56 Å². The molecule has 0 spiro atoms. The van der Waals surface area contributed by atoms with Crippen LogP contribution in [0, 0.1) is 0 Å². The molecule has 3 N–H and O–H groups in total. The number of anilines is 1. The van der Waals surface area contributed by atoms with Crippen molar-refractivity contribution in [1.82, 2.24) is 15.3 Å². The highest BCUT2D eigenvalue weighted by Crippen LogP contribution is 2.26. The molecule has 1 saturated heterocycles. The number of aromatic nitrogens is 2. The number of hydrogen-bond donors (Lipinski definition) is 3. The lowest BCUT2D eigenvalue weighted by molar-refractivity contribution is 0.185. The summed E-state index contributed by atoms with van der Waals surface area (Å²) in [5.74, 6) is 0.654. The fourth-order valence-electron chi connectivity index (χ4n) is 3.66. The summed E-state index contributed by atoms with van der Waals surface area (Å²) in [4.78, 5) is 9.10. The van der Waals surface area contributed by atoms with E-state index < -0.39 is 0 Å². The molecular weight excluding hydrogens is 336 g/mol. The SMILES string of the molecule is C=C1CC(Nc2nccc(-c3ccc(CCC(C)O)cc3)n2)CC(C)(C)N1. The van der Waals surface area contributed by atoms with Gasteiger partial charge in [-0.2, -0.15) is 0 Å². The first-order chi connectivity index (χ1) is 12.8. The molecule has 1 aromatic heterocycles. The first kappa shape index (κ1) is 19.4. The Morgan fingerprint density at radius 2 is 2.04 bits per heavy atom. The summed E-state index contributed by atoms with van der Waals surface area (Å²) in [7, 11) is 0. The van der Waals surface area contributed by atoms with E-state index in [0.29, 0.717) is 5.95 Å². The van der Waals surface area contributed by atoms with Crippen molar-refractivity contribution < 1.29 is 5.11 Å². The third-order valence-corrected chi connectivity index (χ3v) is 4.85. The minimum absolute atomic E-state index is 0.0203. The van der Waals surface area contributed by atoms with Gasteiger partial charge in [-0.05, 0) is 51.7 Å². The molecule has 2 aromatic rings. The second-order valence-electron chi connectivity index (χ2n) is 8.21. The highest BCUT2D eigenvalue weighted by atomic mass is 16.3. The van der Waals surface area contributed by atoms with Crippen molar-refractivity contribution in [1.29, 1.82) is 0 Å². The van der Waals surface area contributed by atoms with Gasteiger partial charge < -0.3 is 15.7 Å². The molecule has 1 aromatic carbocycles. The molecule has 0 amide bonds. The molecule has 3 rings (SSSR count). The second-order valence-corrected chi connectivity index (χ2v) is 8.21. The van der Waals surface area contributed by atoms with Gasteiger partial charge in [0.25, 0.3) is 0 Å². The predicted octanol–water partition coefficient (Wildman–Crippen LogP) is 3.91. The molecule has 0 bridgehead atoms. The van der Waals surface area contributed by atoms with Gasteiger partial charge in [0.1, 0.15) is 0 Å². The van der Waals surface area contributed by atoms with E-state index in [1.54, 1.807) is 6.20 Å². The third-order valence-electron chi connectivity index (χ3n) is 4.85. The van der Waals surface area contributed by atoms with Crippen LogP contribution in [0.2, 0.25) is 0 Å². The van der Waals surface area contributed by atoms with Crippen LogP contribution in [0.1, 0.15) is 45.6 Å². The molecule has 0 aliphatic carbocycles. The maximum absolute atomic E-state index is 9.43. The Morgan fingerprint density at radius 3 is 2.70 bits per heavy atom. The molecule has 2 atom stereocenters. The van der Waals surface area contributed by atoms with Gasteiger partial charge in [-0.1, -0.05) is 30.8 Å². The quantitative estimate of drug-likeness (QED) is 0.723. The normalized spacial score (nSPS) is 20.0. The van der Waals surface area contributed by atoms with Gasteiger partial charge in [-0.15, -0.1) is 0 Å². The Labute approximate surface area is 162 Å². The van der Waals surface area contributed by atoms with Crippen LogP contribution in [-0.4, -0.2) is 32.8 Å². The van der Waals surface area contributed by atoms with Gasteiger partial charge in [0.2, 0.25) is 5.95 Å². The van der Waals surface area contributed by atoms with Gasteiger partial charge in [0.15, 0.2) is 0 Å². The van der Waals surface area contributed by atoms with Gasteiger partial charge >= 0.3 is 0 Å². The molecule has 1 aliphatic rings. The minimum Gasteiger partial charge on any atom is -0.393 e. The monoisotopic (exact) mass is 366 g/mol. The second kappa shape index (κ2) is 8.09. The topological polar surface area (TPSA) is 70.1 Å². The van der Waals surface area contributed by atoms with E-state index in [0.717, 1.165) is 42.6 Å². The zero-order valence-electron chi connectivity index (χ0n) is 16.5. The number of nitrogens with zero attached hydrogens (tertiary/aromatic N) is 2. The molecule has 1 aliphatic heterocycles. The van der Waals surface area contributed by atoms with Crippen LogP contribution in [0.5, 0.6) is 0 Å². The lowest BCUT2D eigenvalue weighted by Gasteiger charge is -2.38. The van der Waals surface area contributed by atoms with Crippen molar-refractivity contribution in [3.05, 3.63) is 54.4 Å². The van der Waals surface area contributed by atoms with E-state index in [1.807, 2.05) is 13.0 Å². The Hall–Kier alpha value is -2.40. The van der Waals surface area contributed by atoms with Crippen molar-refractivity contribution >= 4 is 5.95 Å². The lowest BCUT2D eigenvalue weighted by Crippen LogP contribution is -2.48. The average Bonchev–Trinajstić information content (AvgIpc) is 2.59. The summed E-state index contributed by atoms with van der Waals surface area (Å²) in [5, 5.41) is 16.3. The number of hydrogen-bond acceptors (Lipinski definition) is 5. The van der Waals surface area contributed by atoms with Crippen molar-refractivity contribution in [2.75, 3.05) is 5.32 Å². The number of aliphatic hydroxyl groups excluding tert-OH is 1. The number of nitrogens with one attached hydrogen (secondary N) is 2. The molecule has 2 heterocycles. The van der Waals surface area contributed by atoms with Crippen molar-refractivity contribution in [3.8, 4) is 11.3 Å². The molecule has 144 valence electrons.